The van der Waals surface area contributed by atoms with Gasteiger partial charge in [0.15, 0.2) is 0 Å². The van der Waals surface area contributed by atoms with Gasteiger partial charge in [0.2, 0.25) is 5.91 Å². The molecule has 5 nitrogen and oxygen atoms in total. The number of aliphatic carboxylic acids is 1. The van der Waals surface area contributed by atoms with Crippen molar-refractivity contribution < 1.29 is 14.7 Å². The summed E-state index contributed by atoms with van der Waals surface area (Å²) in [6.07, 6.45) is 3.70. The lowest BCUT2D eigenvalue weighted by molar-refractivity contribution is -0.141. The summed E-state index contributed by atoms with van der Waals surface area (Å²) in [6.45, 7) is 1.45. The molecule has 0 radical (unpaired) electrons. The summed E-state index contributed by atoms with van der Waals surface area (Å²) in [6, 6.07) is 10.1. The quantitative estimate of drug-likeness (QED) is 0.866. The van der Waals surface area contributed by atoms with Crippen molar-refractivity contribution in [1.29, 1.82) is 0 Å². The van der Waals surface area contributed by atoms with Crippen molar-refractivity contribution in [2.45, 2.75) is 31.2 Å². The minimum atomic E-state index is -0.761. The summed E-state index contributed by atoms with van der Waals surface area (Å²) < 4.78 is 0. The lowest BCUT2D eigenvalue weighted by atomic mass is 9.72. The van der Waals surface area contributed by atoms with Gasteiger partial charge in [0, 0.05) is 6.54 Å². The zero-order valence-electron chi connectivity index (χ0n) is 12.6. The molecule has 2 N–H and O–H groups in total. The van der Waals surface area contributed by atoms with E-state index in [2.05, 4.69) is 17.4 Å². The van der Waals surface area contributed by atoms with E-state index in [1.54, 1.807) is 0 Å². The van der Waals surface area contributed by atoms with E-state index >= 15 is 0 Å². The first-order valence-electron chi connectivity index (χ1n) is 7.91. The monoisotopic (exact) mass is 302 g/mol. The molecule has 0 aromatic heterocycles. The van der Waals surface area contributed by atoms with Crippen LogP contribution in [-0.2, 0) is 15.1 Å². The fraction of sp³-hybridized carbons (Fsp3) is 0.529. The number of nitrogens with one attached hydrogen (secondary N) is 1. The highest BCUT2D eigenvalue weighted by Gasteiger charge is 2.40. The third kappa shape index (κ3) is 2.99. The number of carbonyl (C=O) groups is 2. The van der Waals surface area contributed by atoms with Gasteiger partial charge in [-0.3, -0.25) is 14.5 Å². The van der Waals surface area contributed by atoms with Crippen LogP contribution in [0, 0.1) is 5.92 Å². The van der Waals surface area contributed by atoms with Gasteiger partial charge in [0.05, 0.1) is 18.0 Å². The van der Waals surface area contributed by atoms with Gasteiger partial charge >= 0.3 is 5.97 Å². The van der Waals surface area contributed by atoms with Crippen molar-refractivity contribution in [3.05, 3.63) is 35.9 Å². The van der Waals surface area contributed by atoms with Gasteiger partial charge in [-0.05, 0) is 37.8 Å². The Kier molecular flexibility index (Phi) is 4.16. The molecule has 1 saturated heterocycles. The van der Waals surface area contributed by atoms with E-state index in [1.165, 1.54) is 5.56 Å². The summed E-state index contributed by atoms with van der Waals surface area (Å²) in [5.74, 6) is -1.10. The number of hydrogen-bond donors (Lipinski definition) is 2. The van der Waals surface area contributed by atoms with Gasteiger partial charge in [-0.1, -0.05) is 30.3 Å². The smallest absolute Gasteiger partial charge is 0.307 e. The first-order valence-corrected chi connectivity index (χ1v) is 7.91. The minimum Gasteiger partial charge on any atom is -0.481 e. The van der Waals surface area contributed by atoms with Crippen molar-refractivity contribution in [2.75, 3.05) is 19.6 Å². The van der Waals surface area contributed by atoms with Gasteiger partial charge in [-0.25, -0.2) is 0 Å². The Balaban J connectivity index is 1.58. The molecule has 0 bridgehead atoms. The van der Waals surface area contributed by atoms with Crippen LogP contribution in [0.15, 0.2) is 30.3 Å². The van der Waals surface area contributed by atoms with Crippen LogP contribution in [0.2, 0.25) is 0 Å². The van der Waals surface area contributed by atoms with E-state index in [1.807, 2.05) is 23.1 Å². The lowest BCUT2D eigenvalue weighted by Crippen LogP contribution is -2.53. The first-order chi connectivity index (χ1) is 10.6. The van der Waals surface area contributed by atoms with Gasteiger partial charge in [0.1, 0.15) is 0 Å². The fourth-order valence-electron chi connectivity index (χ4n) is 3.46. The molecule has 1 aliphatic carbocycles. The fourth-order valence-corrected chi connectivity index (χ4v) is 3.46. The average Bonchev–Trinajstić information content (AvgIpc) is 2.92. The molecule has 5 heteroatoms. The Bertz CT molecular complexity index is 554. The van der Waals surface area contributed by atoms with Crippen LogP contribution in [-0.4, -0.2) is 41.5 Å². The highest BCUT2D eigenvalue weighted by atomic mass is 16.4. The van der Waals surface area contributed by atoms with Gasteiger partial charge in [0.25, 0.3) is 0 Å². The Morgan fingerprint density at radius 3 is 2.55 bits per heavy atom. The van der Waals surface area contributed by atoms with E-state index in [0.717, 1.165) is 19.3 Å². The number of benzene rings is 1. The number of amides is 1. The molecule has 3 rings (SSSR count). The van der Waals surface area contributed by atoms with Crippen molar-refractivity contribution in [2.24, 2.45) is 5.92 Å². The van der Waals surface area contributed by atoms with E-state index < -0.39 is 5.97 Å². The molecule has 1 heterocycles. The molecule has 2 fully saturated rings. The lowest BCUT2D eigenvalue weighted by Gasteiger charge is -2.43. The molecule has 1 saturated carbocycles. The van der Waals surface area contributed by atoms with Crippen LogP contribution < -0.4 is 5.32 Å². The molecule has 0 spiro atoms. The molecule has 1 aromatic carbocycles. The SMILES string of the molecule is O=C(CN1CCC(C(=O)O)C1)NC1(c2ccccc2)CCC1. The Morgan fingerprint density at radius 2 is 2.00 bits per heavy atom. The maximum Gasteiger partial charge on any atom is 0.307 e. The number of hydrogen-bond acceptors (Lipinski definition) is 3. The second kappa shape index (κ2) is 6.08. The van der Waals surface area contributed by atoms with Crippen LogP contribution in [0.3, 0.4) is 0 Å². The molecule has 1 aromatic rings. The third-order valence-electron chi connectivity index (χ3n) is 4.90. The van der Waals surface area contributed by atoms with Crippen LogP contribution in [0.25, 0.3) is 0 Å². The van der Waals surface area contributed by atoms with E-state index in [-0.39, 0.29) is 17.4 Å². The predicted molar refractivity (Wildman–Crippen MR) is 82.3 cm³/mol. The maximum absolute atomic E-state index is 12.4. The van der Waals surface area contributed by atoms with Crippen molar-refractivity contribution in [3.8, 4) is 0 Å². The average molecular weight is 302 g/mol. The number of likely N-dealkylation sites (tertiary alicyclic amines) is 1. The summed E-state index contributed by atoms with van der Waals surface area (Å²) in [5.41, 5.74) is 0.948. The Hall–Kier alpha value is -1.88. The summed E-state index contributed by atoms with van der Waals surface area (Å²) in [5, 5.41) is 12.2. The second-order valence-corrected chi connectivity index (χ2v) is 6.41. The summed E-state index contributed by atoms with van der Waals surface area (Å²) in [7, 11) is 0. The van der Waals surface area contributed by atoms with Gasteiger partial charge in [-0.2, -0.15) is 0 Å². The zero-order valence-corrected chi connectivity index (χ0v) is 12.6. The van der Waals surface area contributed by atoms with E-state index in [9.17, 15) is 9.59 Å². The summed E-state index contributed by atoms with van der Waals surface area (Å²) in [4.78, 5) is 25.3. The van der Waals surface area contributed by atoms with Crippen molar-refractivity contribution in [1.82, 2.24) is 10.2 Å². The van der Waals surface area contributed by atoms with Crippen LogP contribution >= 0.6 is 0 Å². The standard InChI is InChI=1S/C17H22N2O3/c20-15(12-19-10-7-13(11-19)16(21)22)18-17(8-4-9-17)14-5-2-1-3-6-14/h1-3,5-6,13H,4,7-12H2,(H,18,20)(H,21,22). The largest absolute Gasteiger partial charge is 0.481 e. The van der Waals surface area contributed by atoms with Crippen molar-refractivity contribution >= 4 is 11.9 Å². The molecular formula is C17H22N2O3. The summed E-state index contributed by atoms with van der Waals surface area (Å²) >= 11 is 0. The third-order valence-corrected chi connectivity index (χ3v) is 4.90. The Morgan fingerprint density at radius 1 is 1.27 bits per heavy atom. The first kappa shape index (κ1) is 15.0. The number of rotatable bonds is 5. The van der Waals surface area contributed by atoms with E-state index in [0.29, 0.717) is 26.1 Å². The Labute approximate surface area is 130 Å². The maximum atomic E-state index is 12.4. The van der Waals surface area contributed by atoms with E-state index in [4.69, 9.17) is 5.11 Å². The normalized spacial score (nSPS) is 23.7. The molecule has 1 unspecified atom stereocenters. The molecule has 1 amide bonds. The predicted octanol–water partition coefficient (Wildman–Crippen LogP) is 1.59. The minimum absolute atomic E-state index is 0.00501. The van der Waals surface area contributed by atoms with Crippen LogP contribution in [0.4, 0.5) is 0 Å². The number of carbonyl (C=O) groups excluding carboxylic acids is 1. The number of nitrogens with zero attached hydrogens (tertiary/aromatic N) is 1. The molecule has 22 heavy (non-hydrogen) atoms. The molecule has 1 aliphatic heterocycles. The molecule has 2 aliphatic rings. The van der Waals surface area contributed by atoms with Crippen LogP contribution in [0.5, 0.6) is 0 Å². The highest BCUT2D eigenvalue weighted by molar-refractivity contribution is 5.79. The number of carboxylic acid groups (broad SMARTS) is 1. The number of carboxylic acids is 1. The molecule has 1 atom stereocenters. The van der Waals surface area contributed by atoms with Gasteiger partial charge < -0.3 is 10.4 Å². The molecule has 118 valence electrons. The molecular weight excluding hydrogens is 280 g/mol. The van der Waals surface area contributed by atoms with Crippen molar-refractivity contribution in [3.63, 3.8) is 0 Å². The van der Waals surface area contributed by atoms with Gasteiger partial charge in [-0.15, -0.1) is 0 Å². The van der Waals surface area contributed by atoms with Crippen LogP contribution in [0.1, 0.15) is 31.2 Å². The second-order valence-electron chi connectivity index (χ2n) is 6.41. The highest BCUT2D eigenvalue weighted by Crippen LogP contribution is 2.41. The zero-order chi connectivity index (χ0) is 15.6. The topological polar surface area (TPSA) is 69.6 Å².